The molecular weight excluding hydrogens is 166 g/mol. The lowest BCUT2D eigenvalue weighted by molar-refractivity contribution is -0.126. The average molecular weight is 185 g/mol. The minimum absolute atomic E-state index is 0.0607. The zero-order chi connectivity index (χ0) is 9.52. The first-order chi connectivity index (χ1) is 6.34. The maximum atomic E-state index is 11.5. The summed E-state index contributed by atoms with van der Waals surface area (Å²) in [5, 5.41) is 3.22. The first-order valence-electron chi connectivity index (χ1n) is 5.18. The molecule has 3 nitrogen and oxygen atoms in total. The Morgan fingerprint density at radius 2 is 2.38 bits per heavy atom. The Balaban J connectivity index is 2.13. The summed E-state index contributed by atoms with van der Waals surface area (Å²) >= 11 is 0. The fraction of sp³-hybridized carbons (Fsp3) is 0.900. The first-order valence-corrected chi connectivity index (χ1v) is 5.18. The highest BCUT2D eigenvalue weighted by atomic mass is 16.5. The van der Waals surface area contributed by atoms with Crippen LogP contribution in [0.3, 0.4) is 0 Å². The summed E-state index contributed by atoms with van der Waals surface area (Å²) in [7, 11) is 0. The van der Waals surface area contributed by atoms with E-state index >= 15 is 0 Å². The van der Waals surface area contributed by atoms with Gasteiger partial charge in [0.2, 0.25) is 0 Å². The normalized spacial score (nSPS) is 23.0. The van der Waals surface area contributed by atoms with Crippen LogP contribution in [0.1, 0.15) is 32.6 Å². The maximum Gasteiger partial charge on any atom is 0.175 e. The predicted molar refractivity (Wildman–Crippen MR) is 51.8 cm³/mol. The Bertz CT molecular complexity index is 153. The summed E-state index contributed by atoms with van der Waals surface area (Å²) in [6.07, 6.45) is 4.32. The molecule has 0 spiro atoms. The van der Waals surface area contributed by atoms with E-state index in [0.29, 0.717) is 6.61 Å². The van der Waals surface area contributed by atoms with Crippen LogP contribution in [0.2, 0.25) is 0 Å². The lowest BCUT2D eigenvalue weighted by Crippen LogP contribution is -2.42. The SMILES string of the molecule is CCCOCC(=O)C1CCCCN1. The number of rotatable bonds is 5. The van der Waals surface area contributed by atoms with E-state index < -0.39 is 0 Å². The molecule has 0 amide bonds. The van der Waals surface area contributed by atoms with Crippen LogP contribution in [0, 0.1) is 0 Å². The van der Waals surface area contributed by atoms with Gasteiger partial charge < -0.3 is 10.1 Å². The molecule has 0 saturated carbocycles. The van der Waals surface area contributed by atoms with E-state index in [0.717, 1.165) is 25.8 Å². The van der Waals surface area contributed by atoms with Gasteiger partial charge in [-0.15, -0.1) is 0 Å². The minimum atomic E-state index is 0.0607. The number of carbonyl (C=O) groups excluding carboxylic acids is 1. The van der Waals surface area contributed by atoms with Crippen molar-refractivity contribution in [2.24, 2.45) is 0 Å². The van der Waals surface area contributed by atoms with Crippen LogP contribution in [0.25, 0.3) is 0 Å². The van der Waals surface area contributed by atoms with Crippen molar-refractivity contribution in [1.82, 2.24) is 5.32 Å². The lowest BCUT2D eigenvalue weighted by atomic mass is 10.0. The van der Waals surface area contributed by atoms with Gasteiger partial charge in [0, 0.05) is 6.61 Å². The molecule has 1 fully saturated rings. The third-order valence-electron chi connectivity index (χ3n) is 2.29. The van der Waals surface area contributed by atoms with Crippen molar-refractivity contribution in [3.05, 3.63) is 0 Å². The molecule has 0 bridgehead atoms. The molecule has 1 saturated heterocycles. The number of Topliss-reactive ketones (excluding diaryl/α,β-unsaturated/α-hetero) is 1. The van der Waals surface area contributed by atoms with Crippen molar-refractivity contribution in [1.29, 1.82) is 0 Å². The molecule has 0 aromatic carbocycles. The van der Waals surface area contributed by atoms with Crippen LogP contribution in [0.4, 0.5) is 0 Å². The molecular formula is C10H19NO2. The second-order valence-corrected chi connectivity index (χ2v) is 3.52. The number of hydrogen-bond donors (Lipinski definition) is 1. The highest BCUT2D eigenvalue weighted by molar-refractivity contribution is 5.85. The smallest absolute Gasteiger partial charge is 0.175 e. The molecule has 1 unspecified atom stereocenters. The largest absolute Gasteiger partial charge is 0.374 e. The van der Waals surface area contributed by atoms with Crippen molar-refractivity contribution in [2.75, 3.05) is 19.8 Å². The van der Waals surface area contributed by atoms with Crippen LogP contribution in [-0.4, -0.2) is 31.6 Å². The van der Waals surface area contributed by atoms with Gasteiger partial charge in [0.05, 0.1) is 6.04 Å². The Kier molecular flexibility index (Phi) is 5.01. The molecule has 1 aliphatic heterocycles. The summed E-state index contributed by atoms with van der Waals surface area (Å²) in [5.74, 6) is 0.216. The van der Waals surface area contributed by atoms with Gasteiger partial charge in [-0.1, -0.05) is 13.3 Å². The highest BCUT2D eigenvalue weighted by Crippen LogP contribution is 2.07. The van der Waals surface area contributed by atoms with E-state index in [9.17, 15) is 4.79 Å². The van der Waals surface area contributed by atoms with E-state index in [1.54, 1.807) is 0 Å². The Morgan fingerprint density at radius 1 is 1.54 bits per heavy atom. The molecule has 1 heterocycles. The molecule has 0 radical (unpaired) electrons. The van der Waals surface area contributed by atoms with Gasteiger partial charge in [0.1, 0.15) is 6.61 Å². The number of ether oxygens (including phenoxy) is 1. The van der Waals surface area contributed by atoms with Crippen LogP contribution in [-0.2, 0) is 9.53 Å². The maximum absolute atomic E-state index is 11.5. The van der Waals surface area contributed by atoms with Gasteiger partial charge in [0.25, 0.3) is 0 Å². The standard InChI is InChI=1S/C10H19NO2/c1-2-7-13-8-10(12)9-5-3-4-6-11-9/h9,11H,2-8H2,1H3. The molecule has 1 N–H and O–H groups in total. The quantitative estimate of drug-likeness (QED) is 0.652. The van der Waals surface area contributed by atoms with Crippen molar-refractivity contribution in [3.63, 3.8) is 0 Å². The van der Waals surface area contributed by atoms with Crippen molar-refractivity contribution in [3.8, 4) is 0 Å². The number of nitrogens with one attached hydrogen (secondary N) is 1. The van der Waals surface area contributed by atoms with Gasteiger partial charge in [-0.2, -0.15) is 0 Å². The lowest BCUT2D eigenvalue weighted by Gasteiger charge is -2.21. The molecule has 1 atom stereocenters. The van der Waals surface area contributed by atoms with Gasteiger partial charge in [0.15, 0.2) is 5.78 Å². The topological polar surface area (TPSA) is 38.3 Å². The van der Waals surface area contributed by atoms with E-state index in [-0.39, 0.29) is 18.4 Å². The molecule has 13 heavy (non-hydrogen) atoms. The average Bonchev–Trinajstić information content (AvgIpc) is 2.19. The fourth-order valence-electron chi connectivity index (χ4n) is 1.54. The predicted octanol–water partition coefficient (Wildman–Crippen LogP) is 1.12. The number of carbonyl (C=O) groups is 1. The second-order valence-electron chi connectivity index (χ2n) is 3.52. The summed E-state index contributed by atoms with van der Waals surface area (Å²) in [4.78, 5) is 11.5. The van der Waals surface area contributed by atoms with Crippen LogP contribution >= 0.6 is 0 Å². The van der Waals surface area contributed by atoms with Crippen molar-refractivity contribution in [2.45, 2.75) is 38.6 Å². The summed E-state index contributed by atoms with van der Waals surface area (Å²) in [5.41, 5.74) is 0. The van der Waals surface area contributed by atoms with Gasteiger partial charge in [-0.3, -0.25) is 4.79 Å². The number of ketones is 1. The van der Waals surface area contributed by atoms with E-state index in [1.807, 2.05) is 6.92 Å². The monoisotopic (exact) mass is 185 g/mol. The van der Waals surface area contributed by atoms with Crippen LogP contribution in [0.5, 0.6) is 0 Å². The molecule has 3 heteroatoms. The van der Waals surface area contributed by atoms with E-state index in [2.05, 4.69) is 5.32 Å². The highest BCUT2D eigenvalue weighted by Gasteiger charge is 2.19. The molecule has 76 valence electrons. The van der Waals surface area contributed by atoms with Gasteiger partial charge in [-0.25, -0.2) is 0 Å². The third-order valence-corrected chi connectivity index (χ3v) is 2.29. The zero-order valence-corrected chi connectivity index (χ0v) is 8.34. The molecule has 1 rings (SSSR count). The summed E-state index contributed by atoms with van der Waals surface area (Å²) in [6, 6.07) is 0.0607. The zero-order valence-electron chi connectivity index (χ0n) is 8.34. The summed E-state index contributed by atoms with van der Waals surface area (Å²) in [6.45, 7) is 4.00. The molecule has 0 aliphatic carbocycles. The van der Waals surface area contributed by atoms with Crippen LogP contribution < -0.4 is 5.32 Å². The van der Waals surface area contributed by atoms with Crippen molar-refractivity contribution < 1.29 is 9.53 Å². The molecule has 0 aromatic heterocycles. The van der Waals surface area contributed by atoms with E-state index in [1.165, 1.54) is 6.42 Å². The number of hydrogen-bond acceptors (Lipinski definition) is 3. The van der Waals surface area contributed by atoms with Crippen LogP contribution in [0.15, 0.2) is 0 Å². The van der Waals surface area contributed by atoms with E-state index in [4.69, 9.17) is 4.74 Å². The Hall–Kier alpha value is -0.410. The van der Waals surface area contributed by atoms with Gasteiger partial charge in [-0.05, 0) is 25.8 Å². The van der Waals surface area contributed by atoms with Gasteiger partial charge >= 0.3 is 0 Å². The number of piperidine rings is 1. The second kappa shape index (κ2) is 6.11. The fourth-order valence-corrected chi connectivity index (χ4v) is 1.54. The minimum Gasteiger partial charge on any atom is -0.374 e. The Morgan fingerprint density at radius 3 is 3.00 bits per heavy atom. The molecule has 1 aliphatic rings. The Labute approximate surface area is 79.8 Å². The molecule has 0 aromatic rings. The van der Waals surface area contributed by atoms with Crippen molar-refractivity contribution >= 4 is 5.78 Å². The third kappa shape index (κ3) is 3.87. The summed E-state index contributed by atoms with van der Waals surface area (Å²) < 4.78 is 5.21. The first kappa shape index (κ1) is 10.7.